The molecule has 7 nitrogen and oxygen atoms in total. The number of aromatic nitrogens is 4. The third-order valence-corrected chi connectivity index (χ3v) is 7.92. The summed E-state index contributed by atoms with van der Waals surface area (Å²) < 4.78 is 1.61. The lowest BCUT2D eigenvalue weighted by molar-refractivity contribution is -0.139. The largest absolute Gasteiger partial charge is 0.333 e. The fourth-order valence-electron chi connectivity index (χ4n) is 6.71. The minimum Gasteiger partial charge on any atom is -0.333 e. The average Bonchev–Trinajstić information content (AvgIpc) is 3.34. The summed E-state index contributed by atoms with van der Waals surface area (Å²) in [6, 6.07) is 10.4. The van der Waals surface area contributed by atoms with Gasteiger partial charge >= 0.3 is 0 Å². The average molecular weight is 419 g/mol. The lowest BCUT2D eigenvalue weighted by Crippen LogP contribution is -2.60. The van der Waals surface area contributed by atoms with Crippen LogP contribution < -0.4 is 0 Å². The highest BCUT2D eigenvalue weighted by Crippen LogP contribution is 2.45. The summed E-state index contributed by atoms with van der Waals surface area (Å²) in [5.41, 5.74) is 2.44. The van der Waals surface area contributed by atoms with Gasteiger partial charge in [-0.05, 0) is 66.5 Å². The van der Waals surface area contributed by atoms with Gasteiger partial charge in [0.25, 0.3) is 5.91 Å². The molecular formula is C24H30N6O. The Labute approximate surface area is 183 Å². The minimum absolute atomic E-state index is 0.119. The van der Waals surface area contributed by atoms with Crippen LogP contribution in [-0.2, 0) is 4.79 Å². The van der Waals surface area contributed by atoms with E-state index in [0.29, 0.717) is 11.8 Å². The van der Waals surface area contributed by atoms with E-state index >= 15 is 0 Å². The first-order chi connectivity index (χ1) is 15.3. The van der Waals surface area contributed by atoms with E-state index in [4.69, 9.17) is 0 Å². The van der Waals surface area contributed by atoms with Gasteiger partial charge in [-0.15, -0.1) is 5.10 Å². The van der Waals surface area contributed by atoms with E-state index in [1.807, 2.05) is 30.3 Å². The van der Waals surface area contributed by atoms with Crippen LogP contribution in [0.1, 0.15) is 50.1 Å². The predicted molar refractivity (Wildman–Crippen MR) is 116 cm³/mol. The molecule has 5 atom stereocenters. The third-order valence-electron chi connectivity index (χ3n) is 7.92. The maximum atomic E-state index is 14.1. The summed E-state index contributed by atoms with van der Waals surface area (Å²) in [5.74, 6) is 1.33. The van der Waals surface area contributed by atoms with Crippen molar-refractivity contribution in [3.05, 3.63) is 53.9 Å². The molecule has 3 fully saturated rings. The highest BCUT2D eigenvalue weighted by molar-refractivity contribution is 5.84. The lowest BCUT2D eigenvalue weighted by atomic mass is 9.68. The van der Waals surface area contributed by atoms with Gasteiger partial charge in [-0.2, -0.15) is 0 Å². The molecule has 1 amide bonds. The Balaban J connectivity index is 1.35. The zero-order chi connectivity index (χ0) is 20.8. The molecule has 162 valence electrons. The molecule has 2 aromatic rings. The number of hydrogen-bond acceptors (Lipinski definition) is 5. The number of likely N-dealkylation sites (tertiary alicyclic amines) is 1. The summed E-state index contributed by atoms with van der Waals surface area (Å²) in [4.78, 5) is 19.0. The molecule has 2 bridgehead atoms. The van der Waals surface area contributed by atoms with Gasteiger partial charge in [0.2, 0.25) is 0 Å². The van der Waals surface area contributed by atoms with Crippen molar-refractivity contribution in [1.29, 1.82) is 0 Å². The third kappa shape index (κ3) is 3.30. The number of rotatable bonds is 3. The highest BCUT2D eigenvalue weighted by Gasteiger charge is 2.48. The molecule has 0 radical (unpaired) electrons. The van der Waals surface area contributed by atoms with Crippen LogP contribution in [0.15, 0.2) is 48.3 Å². The summed E-state index contributed by atoms with van der Waals surface area (Å²) in [6.45, 7) is 3.17. The fourth-order valence-corrected chi connectivity index (χ4v) is 6.71. The van der Waals surface area contributed by atoms with Crippen molar-refractivity contribution < 1.29 is 4.79 Å². The SMILES string of the molecule is O=C([C@H](c1ccccc1)n1cnnn1)N1CCCC2=CC3CC(CN4CCCC[C@H]34)[C@@H]21. The number of nitrogens with zero attached hydrogens (tertiary/aromatic N) is 6. The van der Waals surface area contributed by atoms with Crippen molar-refractivity contribution in [1.82, 2.24) is 30.0 Å². The molecule has 0 N–H and O–H groups in total. The van der Waals surface area contributed by atoms with Gasteiger partial charge in [-0.3, -0.25) is 9.69 Å². The fraction of sp³-hybridized carbons (Fsp3) is 0.583. The van der Waals surface area contributed by atoms with Gasteiger partial charge < -0.3 is 4.90 Å². The molecule has 0 spiro atoms. The van der Waals surface area contributed by atoms with Gasteiger partial charge in [0.15, 0.2) is 6.04 Å². The molecule has 1 aliphatic carbocycles. The van der Waals surface area contributed by atoms with Crippen molar-refractivity contribution >= 4 is 5.91 Å². The summed E-state index contributed by atoms with van der Waals surface area (Å²) in [6.07, 6.45) is 11.5. The van der Waals surface area contributed by atoms with Crippen LogP contribution >= 0.6 is 0 Å². The standard InChI is InChI=1S/C24H30N6O/c31-24(23(30-16-25-26-27-30)17-7-2-1-3-8-17)29-12-6-9-18-13-19-14-20(22(18)29)15-28-11-5-4-10-21(19)28/h1-3,7-8,13,16,19-23H,4-6,9-12,14-15H2/t19?,20?,21-,22-,23+/m1/s1. The number of benzene rings is 1. The first kappa shape index (κ1) is 19.2. The molecule has 6 rings (SSSR count). The second-order valence-corrected chi connectivity index (χ2v) is 9.64. The van der Waals surface area contributed by atoms with Crippen molar-refractivity contribution in [2.24, 2.45) is 11.8 Å². The van der Waals surface area contributed by atoms with E-state index < -0.39 is 6.04 Å². The Morgan fingerprint density at radius 3 is 2.84 bits per heavy atom. The topological polar surface area (TPSA) is 67.2 Å². The molecule has 7 heteroatoms. The van der Waals surface area contributed by atoms with E-state index in [-0.39, 0.29) is 11.9 Å². The first-order valence-corrected chi connectivity index (χ1v) is 11.8. The second-order valence-electron chi connectivity index (χ2n) is 9.64. The second kappa shape index (κ2) is 7.86. The van der Waals surface area contributed by atoms with E-state index in [1.165, 1.54) is 37.8 Å². The molecule has 0 saturated carbocycles. The number of tetrazole rings is 1. The predicted octanol–water partition coefficient (Wildman–Crippen LogP) is 2.68. The zero-order valence-corrected chi connectivity index (χ0v) is 17.9. The number of piperidine rings is 3. The monoisotopic (exact) mass is 418 g/mol. The van der Waals surface area contributed by atoms with Gasteiger partial charge in [0, 0.05) is 19.1 Å². The first-order valence-electron chi connectivity index (χ1n) is 11.8. The maximum absolute atomic E-state index is 14.1. The molecular weight excluding hydrogens is 388 g/mol. The van der Waals surface area contributed by atoms with E-state index in [2.05, 4.69) is 31.4 Å². The molecule has 3 saturated heterocycles. The molecule has 2 unspecified atom stereocenters. The van der Waals surface area contributed by atoms with Gasteiger partial charge in [-0.25, -0.2) is 4.68 Å². The van der Waals surface area contributed by atoms with Crippen molar-refractivity contribution in [2.45, 2.75) is 56.7 Å². The quantitative estimate of drug-likeness (QED) is 0.717. The van der Waals surface area contributed by atoms with Gasteiger partial charge in [-0.1, -0.05) is 48.4 Å². The molecule has 1 aromatic heterocycles. The van der Waals surface area contributed by atoms with Crippen LogP contribution in [0.2, 0.25) is 0 Å². The van der Waals surface area contributed by atoms with Crippen molar-refractivity contribution in [2.75, 3.05) is 19.6 Å². The Bertz CT molecular complexity index is 958. The number of carbonyl (C=O) groups is 1. The number of amides is 1. The van der Waals surface area contributed by atoms with Gasteiger partial charge in [0.1, 0.15) is 6.33 Å². The Morgan fingerprint density at radius 2 is 2.00 bits per heavy atom. The van der Waals surface area contributed by atoms with E-state index in [9.17, 15) is 4.79 Å². The molecule has 1 aromatic carbocycles. The minimum atomic E-state index is -0.514. The number of carbonyl (C=O) groups excluding carboxylic acids is 1. The maximum Gasteiger partial charge on any atom is 0.252 e. The Hall–Kier alpha value is -2.54. The molecule has 4 heterocycles. The summed E-state index contributed by atoms with van der Waals surface area (Å²) in [7, 11) is 0. The van der Waals surface area contributed by atoms with Crippen molar-refractivity contribution in [3.8, 4) is 0 Å². The summed E-state index contributed by atoms with van der Waals surface area (Å²) >= 11 is 0. The Morgan fingerprint density at radius 1 is 1.10 bits per heavy atom. The van der Waals surface area contributed by atoms with Crippen LogP contribution in [0.4, 0.5) is 0 Å². The summed E-state index contributed by atoms with van der Waals surface area (Å²) in [5, 5.41) is 11.7. The molecule has 4 aliphatic rings. The smallest absolute Gasteiger partial charge is 0.252 e. The zero-order valence-electron chi connectivity index (χ0n) is 17.9. The van der Waals surface area contributed by atoms with Crippen LogP contribution in [0.5, 0.6) is 0 Å². The van der Waals surface area contributed by atoms with Crippen LogP contribution in [-0.4, -0.2) is 67.6 Å². The molecule has 3 aliphatic heterocycles. The lowest BCUT2D eigenvalue weighted by Gasteiger charge is -2.55. The highest BCUT2D eigenvalue weighted by atomic mass is 16.2. The number of fused-ring (bicyclic) bond motifs is 6. The number of hydrogen-bond donors (Lipinski definition) is 0. The normalized spacial score (nSPS) is 31.4. The van der Waals surface area contributed by atoms with E-state index in [1.54, 1.807) is 11.0 Å². The molecule has 31 heavy (non-hydrogen) atoms. The van der Waals surface area contributed by atoms with E-state index in [0.717, 1.165) is 37.5 Å². The van der Waals surface area contributed by atoms with Gasteiger partial charge in [0.05, 0.1) is 6.04 Å². The van der Waals surface area contributed by atoms with Crippen LogP contribution in [0, 0.1) is 11.8 Å². The van der Waals surface area contributed by atoms with Crippen LogP contribution in [0.25, 0.3) is 0 Å². The van der Waals surface area contributed by atoms with Crippen LogP contribution in [0.3, 0.4) is 0 Å². The van der Waals surface area contributed by atoms with Crippen molar-refractivity contribution in [3.63, 3.8) is 0 Å². The Kier molecular flexibility index (Phi) is 4.86.